The molecule has 0 radical (unpaired) electrons. The fourth-order valence-electron chi connectivity index (χ4n) is 3.14. The van der Waals surface area contributed by atoms with Crippen LogP contribution in [0.4, 0.5) is 10.5 Å². The van der Waals surface area contributed by atoms with Crippen LogP contribution in [0.1, 0.15) is 51.0 Å². The molecule has 1 aliphatic carbocycles. The molecule has 2 N–H and O–H groups in total. The predicted molar refractivity (Wildman–Crippen MR) is 95.0 cm³/mol. The van der Waals surface area contributed by atoms with Gasteiger partial charge in [-0.05, 0) is 49.3 Å². The van der Waals surface area contributed by atoms with Crippen LogP contribution in [-0.2, 0) is 4.79 Å². The van der Waals surface area contributed by atoms with Gasteiger partial charge < -0.3 is 15.5 Å². The number of piperidine rings is 1. The first-order valence-electron chi connectivity index (χ1n) is 8.99. The van der Waals surface area contributed by atoms with Crippen LogP contribution in [0.15, 0.2) is 24.3 Å². The Labute approximate surface area is 143 Å². The molecule has 1 aromatic carbocycles. The molecule has 0 spiro atoms. The summed E-state index contributed by atoms with van der Waals surface area (Å²) in [7, 11) is 0. The monoisotopic (exact) mass is 329 g/mol. The van der Waals surface area contributed by atoms with Crippen molar-refractivity contribution in [3.63, 3.8) is 0 Å². The Morgan fingerprint density at radius 3 is 2.21 bits per heavy atom. The number of nitrogens with zero attached hydrogens (tertiary/aromatic N) is 1. The van der Waals surface area contributed by atoms with E-state index in [1.165, 1.54) is 5.56 Å². The van der Waals surface area contributed by atoms with E-state index in [9.17, 15) is 9.59 Å². The van der Waals surface area contributed by atoms with Gasteiger partial charge in [0.15, 0.2) is 0 Å². The largest absolute Gasteiger partial charge is 0.342 e. The Morgan fingerprint density at radius 2 is 1.67 bits per heavy atom. The minimum atomic E-state index is -0.167. The number of anilines is 1. The second-order valence-electron chi connectivity index (χ2n) is 7.25. The number of likely N-dealkylation sites (tertiary alicyclic amines) is 1. The quantitative estimate of drug-likeness (QED) is 0.890. The summed E-state index contributed by atoms with van der Waals surface area (Å²) in [6.45, 7) is 5.80. The lowest BCUT2D eigenvalue weighted by Crippen LogP contribution is -2.47. The van der Waals surface area contributed by atoms with E-state index in [-0.39, 0.29) is 18.0 Å². The van der Waals surface area contributed by atoms with Crippen molar-refractivity contribution in [1.82, 2.24) is 10.2 Å². The molecule has 0 unspecified atom stereocenters. The molecule has 0 atom stereocenters. The first-order valence-corrected chi connectivity index (χ1v) is 8.99. The molecular formula is C19H27N3O2. The van der Waals surface area contributed by atoms with Crippen LogP contribution in [0.3, 0.4) is 0 Å². The number of nitrogens with one attached hydrogen (secondary N) is 2. The number of rotatable bonds is 4. The van der Waals surface area contributed by atoms with Crippen LogP contribution in [0, 0.1) is 5.92 Å². The number of carbonyl (C=O) groups is 2. The highest BCUT2D eigenvalue weighted by atomic mass is 16.2. The normalized spacial score (nSPS) is 18.5. The smallest absolute Gasteiger partial charge is 0.319 e. The molecule has 1 saturated heterocycles. The molecule has 5 heteroatoms. The number of carbonyl (C=O) groups excluding carboxylic acids is 2. The van der Waals surface area contributed by atoms with E-state index in [0.29, 0.717) is 11.8 Å². The molecule has 0 bridgehead atoms. The average molecular weight is 329 g/mol. The van der Waals surface area contributed by atoms with Crippen molar-refractivity contribution in [1.29, 1.82) is 0 Å². The number of amides is 3. The standard InChI is InChI=1S/C19H27N3O2/c1-13(2)14-5-7-16(8-6-14)20-19(24)21-17-9-11-22(12-10-17)18(23)15-3-4-15/h5-8,13,15,17H,3-4,9-12H2,1-2H3,(H2,20,21,24). The third-order valence-corrected chi connectivity index (χ3v) is 4.90. The van der Waals surface area contributed by atoms with Crippen molar-refractivity contribution in [3.8, 4) is 0 Å². The number of urea groups is 1. The molecular weight excluding hydrogens is 302 g/mol. The minimum Gasteiger partial charge on any atom is -0.342 e. The molecule has 1 aliphatic heterocycles. The Balaban J connectivity index is 1.43. The highest BCUT2D eigenvalue weighted by Gasteiger charge is 2.35. The zero-order chi connectivity index (χ0) is 17.1. The van der Waals surface area contributed by atoms with E-state index < -0.39 is 0 Å². The van der Waals surface area contributed by atoms with Crippen molar-refractivity contribution < 1.29 is 9.59 Å². The number of hydrogen-bond acceptors (Lipinski definition) is 2. The SMILES string of the molecule is CC(C)c1ccc(NC(=O)NC2CCN(C(=O)C3CC3)CC2)cc1. The highest BCUT2D eigenvalue weighted by Crippen LogP contribution is 2.31. The summed E-state index contributed by atoms with van der Waals surface area (Å²) in [5, 5.41) is 5.91. The third kappa shape index (κ3) is 4.28. The summed E-state index contributed by atoms with van der Waals surface area (Å²) in [4.78, 5) is 26.1. The van der Waals surface area contributed by atoms with Gasteiger partial charge in [-0.3, -0.25) is 4.79 Å². The summed E-state index contributed by atoms with van der Waals surface area (Å²) in [6.07, 6.45) is 3.76. The lowest BCUT2D eigenvalue weighted by atomic mass is 10.0. The van der Waals surface area contributed by atoms with Crippen molar-refractivity contribution in [2.45, 2.75) is 51.5 Å². The van der Waals surface area contributed by atoms with Gasteiger partial charge in [0.2, 0.25) is 5.91 Å². The van der Waals surface area contributed by atoms with Crippen LogP contribution >= 0.6 is 0 Å². The number of benzene rings is 1. The van der Waals surface area contributed by atoms with Crippen molar-refractivity contribution >= 4 is 17.6 Å². The molecule has 130 valence electrons. The summed E-state index contributed by atoms with van der Waals surface area (Å²) in [5.74, 6) is 1.08. The summed E-state index contributed by atoms with van der Waals surface area (Å²) in [5.41, 5.74) is 2.06. The molecule has 3 amide bonds. The summed E-state index contributed by atoms with van der Waals surface area (Å²) < 4.78 is 0. The van der Waals surface area contributed by atoms with Gasteiger partial charge >= 0.3 is 6.03 Å². The Bertz CT molecular complexity index is 585. The summed E-state index contributed by atoms with van der Waals surface area (Å²) in [6, 6.07) is 7.93. The van der Waals surface area contributed by atoms with Crippen LogP contribution < -0.4 is 10.6 Å². The molecule has 24 heavy (non-hydrogen) atoms. The molecule has 1 aromatic rings. The second kappa shape index (κ2) is 7.24. The fraction of sp³-hybridized carbons (Fsp3) is 0.579. The van der Waals surface area contributed by atoms with E-state index in [4.69, 9.17) is 0 Å². The van der Waals surface area contributed by atoms with Crippen LogP contribution in [0.2, 0.25) is 0 Å². The van der Waals surface area contributed by atoms with Crippen molar-refractivity contribution in [3.05, 3.63) is 29.8 Å². The topological polar surface area (TPSA) is 61.4 Å². The lowest BCUT2D eigenvalue weighted by molar-refractivity contribution is -0.133. The van der Waals surface area contributed by atoms with Gasteiger partial charge in [0.25, 0.3) is 0 Å². The van der Waals surface area contributed by atoms with E-state index in [0.717, 1.165) is 44.5 Å². The zero-order valence-electron chi connectivity index (χ0n) is 14.5. The molecule has 1 saturated carbocycles. The maximum absolute atomic E-state index is 12.1. The van der Waals surface area contributed by atoms with Crippen LogP contribution in [0.5, 0.6) is 0 Å². The molecule has 2 fully saturated rings. The van der Waals surface area contributed by atoms with Crippen molar-refractivity contribution in [2.75, 3.05) is 18.4 Å². The molecule has 0 aromatic heterocycles. The third-order valence-electron chi connectivity index (χ3n) is 4.90. The van der Waals surface area contributed by atoms with E-state index >= 15 is 0 Å². The van der Waals surface area contributed by atoms with Crippen LogP contribution in [0.25, 0.3) is 0 Å². The van der Waals surface area contributed by atoms with Crippen LogP contribution in [-0.4, -0.2) is 36.0 Å². The van der Waals surface area contributed by atoms with Crippen molar-refractivity contribution in [2.24, 2.45) is 5.92 Å². The Kier molecular flexibility index (Phi) is 5.07. The highest BCUT2D eigenvalue weighted by molar-refractivity contribution is 5.89. The average Bonchev–Trinajstić information content (AvgIpc) is 3.40. The molecule has 1 heterocycles. The molecule has 3 rings (SSSR count). The maximum atomic E-state index is 12.1. The van der Waals surface area contributed by atoms with Gasteiger partial charge in [0.1, 0.15) is 0 Å². The van der Waals surface area contributed by atoms with E-state index in [1.54, 1.807) is 0 Å². The number of hydrogen-bond donors (Lipinski definition) is 2. The lowest BCUT2D eigenvalue weighted by Gasteiger charge is -2.32. The second-order valence-corrected chi connectivity index (χ2v) is 7.25. The first kappa shape index (κ1) is 16.8. The summed E-state index contributed by atoms with van der Waals surface area (Å²) >= 11 is 0. The Morgan fingerprint density at radius 1 is 1.04 bits per heavy atom. The van der Waals surface area contributed by atoms with Gasteiger partial charge in [-0.2, -0.15) is 0 Å². The van der Waals surface area contributed by atoms with E-state index in [2.05, 4.69) is 24.5 Å². The van der Waals surface area contributed by atoms with Gasteiger partial charge in [0.05, 0.1) is 0 Å². The van der Waals surface area contributed by atoms with Gasteiger partial charge in [0, 0.05) is 30.7 Å². The Hall–Kier alpha value is -2.04. The fourth-order valence-corrected chi connectivity index (χ4v) is 3.14. The minimum absolute atomic E-state index is 0.142. The van der Waals surface area contributed by atoms with Gasteiger partial charge in [-0.1, -0.05) is 26.0 Å². The molecule has 5 nitrogen and oxygen atoms in total. The van der Waals surface area contributed by atoms with E-state index in [1.807, 2.05) is 29.2 Å². The molecule has 2 aliphatic rings. The zero-order valence-corrected chi connectivity index (χ0v) is 14.5. The van der Waals surface area contributed by atoms with Gasteiger partial charge in [-0.15, -0.1) is 0 Å². The first-order chi connectivity index (χ1) is 11.5. The predicted octanol–water partition coefficient (Wildman–Crippen LogP) is 3.33. The maximum Gasteiger partial charge on any atom is 0.319 e. The van der Waals surface area contributed by atoms with Gasteiger partial charge in [-0.25, -0.2) is 4.79 Å².